The highest BCUT2D eigenvalue weighted by atomic mass is 32.2. The van der Waals surface area contributed by atoms with Crippen molar-refractivity contribution in [3.63, 3.8) is 0 Å². The van der Waals surface area contributed by atoms with E-state index >= 15 is 0 Å². The number of fused-ring (bicyclic) bond motifs is 7. The standard InChI is InChI=1S/C41H59FN2O5S/c1-37(2)29(27-9-10-28(35(45)46)32(42)26-27)13-16-38(3)33(37)14-17-40(5)34(38)12-11-30-31-8-6-15-41(31,19-18-39(30,40)4)36(47)43-20-7-21-44-22-24-50(48,49)25-23-44/h9-10,13,26,30-31,33-34H,6-8,11-12,14-25H2,1-5H3,(H,43,47)(H,45,46)/t30-,31-,33+,34-,38+,39-,40-,41+/m1/s1. The van der Waals surface area contributed by atoms with Crippen LogP contribution in [0.1, 0.15) is 121 Å². The van der Waals surface area contributed by atoms with E-state index in [1.807, 2.05) is 0 Å². The molecule has 5 fully saturated rings. The average molecular weight is 711 g/mol. The van der Waals surface area contributed by atoms with Crippen molar-refractivity contribution in [2.24, 2.45) is 50.7 Å². The highest BCUT2D eigenvalue weighted by Gasteiger charge is 2.70. The quantitative estimate of drug-likeness (QED) is 0.283. The molecule has 50 heavy (non-hydrogen) atoms. The van der Waals surface area contributed by atoms with Gasteiger partial charge in [0.2, 0.25) is 5.91 Å². The zero-order valence-electron chi connectivity index (χ0n) is 31.0. The number of nitrogens with zero attached hydrogens (tertiary/aromatic N) is 1. The van der Waals surface area contributed by atoms with Gasteiger partial charge in [0, 0.05) is 19.6 Å². The number of benzene rings is 1. The molecule has 1 saturated heterocycles. The smallest absolute Gasteiger partial charge is 0.338 e. The van der Waals surface area contributed by atoms with E-state index in [0.717, 1.165) is 75.5 Å². The Kier molecular flexibility index (Phi) is 8.97. The van der Waals surface area contributed by atoms with Crippen LogP contribution in [-0.4, -0.2) is 68.0 Å². The minimum atomic E-state index is -2.88. The van der Waals surface area contributed by atoms with Crippen molar-refractivity contribution in [3.05, 3.63) is 41.2 Å². The fourth-order valence-electron chi connectivity index (χ4n) is 13.6. The Hall–Kier alpha value is -2.26. The van der Waals surface area contributed by atoms with E-state index in [9.17, 15) is 27.5 Å². The van der Waals surface area contributed by atoms with Crippen LogP contribution in [0.15, 0.2) is 24.3 Å². The van der Waals surface area contributed by atoms with Crippen molar-refractivity contribution >= 4 is 27.3 Å². The van der Waals surface area contributed by atoms with Crippen molar-refractivity contribution in [1.29, 1.82) is 0 Å². The van der Waals surface area contributed by atoms with Gasteiger partial charge in [0.25, 0.3) is 0 Å². The van der Waals surface area contributed by atoms with Crippen molar-refractivity contribution in [1.82, 2.24) is 10.2 Å². The van der Waals surface area contributed by atoms with Crippen molar-refractivity contribution in [3.8, 4) is 0 Å². The Bertz CT molecular complexity index is 1680. The van der Waals surface area contributed by atoms with Gasteiger partial charge in [-0.05, 0) is 139 Å². The van der Waals surface area contributed by atoms with Gasteiger partial charge < -0.3 is 15.3 Å². The highest BCUT2D eigenvalue weighted by molar-refractivity contribution is 7.91. The molecule has 276 valence electrons. The molecule has 7 rings (SSSR count). The van der Waals surface area contributed by atoms with Crippen molar-refractivity contribution in [2.75, 3.05) is 37.7 Å². The fraction of sp³-hybridized carbons (Fsp3) is 0.756. The lowest BCUT2D eigenvalue weighted by atomic mass is 9.32. The first-order chi connectivity index (χ1) is 23.5. The molecule has 9 heteroatoms. The number of sulfone groups is 1. The number of rotatable bonds is 7. The summed E-state index contributed by atoms with van der Waals surface area (Å²) < 4.78 is 38.5. The first-order valence-corrected chi connectivity index (χ1v) is 21.3. The maximum atomic E-state index is 14.9. The lowest BCUT2D eigenvalue weighted by Gasteiger charge is -2.72. The molecule has 0 bridgehead atoms. The monoisotopic (exact) mass is 710 g/mol. The van der Waals surface area contributed by atoms with Gasteiger partial charge in [0.15, 0.2) is 9.84 Å². The molecule has 0 radical (unpaired) electrons. The number of carbonyl (C=O) groups excluding carboxylic acids is 1. The van der Waals surface area contributed by atoms with Gasteiger partial charge in [-0.3, -0.25) is 4.79 Å². The third-order valence-corrected chi connectivity index (χ3v) is 17.9. The number of nitrogens with one attached hydrogen (secondary N) is 1. The third-order valence-electron chi connectivity index (χ3n) is 16.3. The van der Waals surface area contributed by atoms with Crippen LogP contribution in [0, 0.1) is 56.6 Å². The lowest BCUT2D eigenvalue weighted by molar-refractivity contribution is -0.222. The van der Waals surface area contributed by atoms with Gasteiger partial charge in [-0.2, -0.15) is 0 Å². The van der Waals surface area contributed by atoms with E-state index in [2.05, 4.69) is 50.9 Å². The van der Waals surface area contributed by atoms with Crippen LogP contribution >= 0.6 is 0 Å². The summed E-state index contributed by atoms with van der Waals surface area (Å²) in [6.07, 6.45) is 14.1. The van der Waals surface area contributed by atoms with Gasteiger partial charge in [-0.15, -0.1) is 0 Å². The number of hydrogen-bond donors (Lipinski definition) is 2. The van der Waals surface area contributed by atoms with Crippen LogP contribution in [0.25, 0.3) is 5.57 Å². The first kappa shape index (κ1) is 36.1. The van der Waals surface area contributed by atoms with E-state index in [1.165, 1.54) is 25.0 Å². The zero-order valence-corrected chi connectivity index (χ0v) is 31.8. The Labute approximate surface area is 299 Å². The molecule has 1 heterocycles. The zero-order chi connectivity index (χ0) is 35.9. The molecule has 1 aromatic rings. The molecule has 0 spiro atoms. The van der Waals surface area contributed by atoms with Crippen LogP contribution in [0.3, 0.4) is 0 Å². The maximum absolute atomic E-state index is 14.9. The molecule has 0 unspecified atom stereocenters. The predicted molar refractivity (Wildman–Crippen MR) is 195 cm³/mol. The van der Waals surface area contributed by atoms with E-state index in [4.69, 9.17) is 0 Å². The molecule has 7 nitrogen and oxygen atoms in total. The molecule has 8 atom stereocenters. The van der Waals surface area contributed by atoms with Crippen molar-refractivity contribution < 1.29 is 27.5 Å². The Morgan fingerprint density at radius 3 is 2.36 bits per heavy atom. The number of amides is 1. The topological polar surface area (TPSA) is 104 Å². The largest absolute Gasteiger partial charge is 0.478 e. The van der Waals surface area contributed by atoms with Crippen LogP contribution in [-0.2, 0) is 14.6 Å². The third kappa shape index (κ3) is 5.44. The van der Waals surface area contributed by atoms with Gasteiger partial charge in [0.05, 0.1) is 22.5 Å². The molecule has 1 aliphatic heterocycles. The average Bonchev–Trinajstić information content (AvgIpc) is 3.49. The second-order valence-corrected chi connectivity index (χ2v) is 20.8. The van der Waals surface area contributed by atoms with Crippen LogP contribution in [0.4, 0.5) is 4.39 Å². The summed E-state index contributed by atoms with van der Waals surface area (Å²) in [7, 11) is -2.88. The molecule has 0 aromatic heterocycles. The summed E-state index contributed by atoms with van der Waals surface area (Å²) in [4.78, 5) is 27.9. The summed E-state index contributed by atoms with van der Waals surface area (Å²) in [5, 5.41) is 12.8. The second kappa shape index (κ2) is 12.4. The number of aromatic carboxylic acids is 1. The molecule has 1 amide bonds. The number of carboxylic acids is 1. The predicted octanol–water partition coefficient (Wildman–Crippen LogP) is 7.61. The number of carbonyl (C=O) groups is 2. The summed E-state index contributed by atoms with van der Waals surface area (Å²) in [5.74, 6) is 0.804. The Balaban J connectivity index is 1.07. The van der Waals surface area contributed by atoms with Crippen molar-refractivity contribution in [2.45, 2.75) is 105 Å². The summed E-state index contributed by atoms with van der Waals surface area (Å²) in [5.41, 5.74) is 1.66. The van der Waals surface area contributed by atoms with Crippen LogP contribution in [0.2, 0.25) is 0 Å². The van der Waals surface area contributed by atoms with E-state index in [0.29, 0.717) is 43.3 Å². The first-order valence-electron chi connectivity index (χ1n) is 19.4. The molecule has 4 saturated carbocycles. The number of carboxylic acid groups (broad SMARTS) is 1. The number of hydrogen-bond acceptors (Lipinski definition) is 5. The van der Waals surface area contributed by atoms with E-state index in [1.54, 1.807) is 6.07 Å². The molecular weight excluding hydrogens is 652 g/mol. The van der Waals surface area contributed by atoms with Gasteiger partial charge in [-0.1, -0.05) is 53.2 Å². The van der Waals surface area contributed by atoms with Gasteiger partial charge in [0.1, 0.15) is 5.82 Å². The maximum Gasteiger partial charge on any atom is 0.338 e. The normalized spacial score (nSPS) is 40.4. The fourth-order valence-corrected chi connectivity index (χ4v) is 14.8. The van der Waals surface area contributed by atoms with E-state index < -0.39 is 21.6 Å². The lowest BCUT2D eigenvalue weighted by Crippen LogP contribution is -2.65. The van der Waals surface area contributed by atoms with Gasteiger partial charge in [-0.25, -0.2) is 17.6 Å². The summed E-state index contributed by atoms with van der Waals surface area (Å²) >= 11 is 0. The van der Waals surface area contributed by atoms with E-state index in [-0.39, 0.29) is 50.1 Å². The SMILES string of the molecule is CC1(C)C(c2ccc(C(=O)O)c(F)c2)=CC[C@]2(C)[C@H]3CC[C@@H]4[C@H]5CCC[C@]5(C(=O)NCCCN5CCS(=O)(=O)CC5)CC[C@@]4(C)[C@]3(C)CC[C@@H]12. The summed E-state index contributed by atoms with van der Waals surface area (Å²) in [6, 6.07) is 4.63. The van der Waals surface area contributed by atoms with Gasteiger partial charge >= 0.3 is 5.97 Å². The number of allylic oxidation sites excluding steroid dienone is 2. The minimum absolute atomic E-state index is 0.105. The Morgan fingerprint density at radius 2 is 1.66 bits per heavy atom. The highest BCUT2D eigenvalue weighted by Crippen LogP contribution is 2.77. The second-order valence-electron chi connectivity index (χ2n) is 18.5. The van der Waals surface area contributed by atoms with Crippen LogP contribution in [0.5, 0.6) is 0 Å². The van der Waals surface area contributed by atoms with Crippen LogP contribution < -0.4 is 5.32 Å². The minimum Gasteiger partial charge on any atom is -0.478 e. The molecule has 6 aliphatic rings. The summed E-state index contributed by atoms with van der Waals surface area (Å²) in [6.45, 7) is 15.0. The molecule has 2 N–H and O–H groups in total. The molecule has 5 aliphatic carbocycles. The Morgan fingerprint density at radius 1 is 0.920 bits per heavy atom. The molecule has 1 aromatic carbocycles. The number of halogens is 1. The molecular formula is C41H59FN2O5S.